The van der Waals surface area contributed by atoms with E-state index in [4.69, 9.17) is 14.5 Å². The average Bonchev–Trinajstić information content (AvgIpc) is 3.52. The predicted molar refractivity (Wildman–Crippen MR) is 118 cm³/mol. The van der Waals surface area contributed by atoms with Crippen molar-refractivity contribution in [3.63, 3.8) is 0 Å². The number of nitrogens with zero attached hydrogens (tertiary/aromatic N) is 2. The maximum Gasteiger partial charge on any atom is 0.338 e. The minimum atomic E-state index is -0.382. The molecule has 1 saturated heterocycles. The van der Waals surface area contributed by atoms with Gasteiger partial charge in [-0.2, -0.15) is 0 Å². The van der Waals surface area contributed by atoms with E-state index >= 15 is 0 Å². The lowest BCUT2D eigenvalue weighted by atomic mass is 9.98. The number of thiophene rings is 1. The van der Waals surface area contributed by atoms with Crippen molar-refractivity contribution in [3.8, 4) is 0 Å². The Kier molecular flexibility index (Phi) is 6.60. The van der Waals surface area contributed by atoms with Crippen LogP contribution in [0.3, 0.4) is 0 Å². The average molecular weight is 448 g/mol. The number of carbonyl (C=O) groups excluding carboxylic acids is 2. The maximum atomic E-state index is 12.7. The fraction of sp³-hybridized carbons (Fsp3) is 0.476. The van der Waals surface area contributed by atoms with Gasteiger partial charge >= 0.3 is 5.97 Å². The number of hydrogen-bond acceptors (Lipinski definition) is 8. The molecule has 1 fully saturated rings. The van der Waals surface area contributed by atoms with Crippen molar-refractivity contribution < 1.29 is 19.1 Å². The molecule has 1 aromatic rings. The van der Waals surface area contributed by atoms with E-state index in [1.54, 1.807) is 11.3 Å². The molecule has 1 N–H and O–H groups in total. The molecule has 0 saturated carbocycles. The van der Waals surface area contributed by atoms with Crippen LogP contribution < -0.4 is 5.32 Å². The van der Waals surface area contributed by atoms with Crippen LogP contribution in [0.15, 0.2) is 44.9 Å². The van der Waals surface area contributed by atoms with Crippen LogP contribution in [0.1, 0.15) is 43.5 Å². The highest BCUT2D eigenvalue weighted by atomic mass is 32.2. The molecule has 1 amide bonds. The first-order valence-electron chi connectivity index (χ1n) is 10.1. The number of hydrogen-bond donors (Lipinski definition) is 1. The molecule has 4 heterocycles. The largest absolute Gasteiger partial charge is 0.466 e. The molecule has 3 aliphatic rings. The number of ether oxygens (including phenoxy) is 2. The van der Waals surface area contributed by atoms with Crippen LogP contribution in [0.25, 0.3) is 0 Å². The topological polar surface area (TPSA) is 80.2 Å². The monoisotopic (exact) mass is 447 g/mol. The molecule has 0 radical (unpaired) electrons. The summed E-state index contributed by atoms with van der Waals surface area (Å²) in [6, 6.07) is 3.63. The van der Waals surface area contributed by atoms with Crippen LogP contribution in [0.5, 0.6) is 0 Å². The predicted octanol–water partition coefficient (Wildman–Crippen LogP) is 3.57. The van der Waals surface area contributed by atoms with Gasteiger partial charge in [-0.3, -0.25) is 4.79 Å². The van der Waals surface area contributed by atoms with Crippen LogP contribution in [0.4, 0.5) is 0 Å². The minimum Gasteiger partial charge on any atom is -0.466 e. The molecule has 0 aromatic carbocycles. The number of amides is 1. The molecular formula is C21H25N3O4S2. The van der Waals surface area contributed by atoms with Crippen molar-refractivity contribution in [1.29, 1.82) is 0 Å². The third-order valence-electron chi connectivity index (χ3n) is 5.33. The standard InChI is InChI=1S/C21H25N3O4S2/c1-3-15-18(20(26)27-2)19(16-7-5-9-29-16)24-13(12-30-21(24)23-15)10-17(25)22-11-14-6-4-8-28-14/h5,7,9,12,14,19H,3-4,6,8,10-11H2,1-2H3,(H,22,25)/t14-,19+/m1/s1. The van der Waals surface area contributed by atoms with Gasteiger partial charge in [0.1, 0.15) is 6.04 Å². The number of carbonyl (C=O) groups is 2. The van der Waals surface area contributed by atoms with E-state index in [1.807, 2.05) is 34.7 Å². The summed E-state index contributed by atoms with van der Waals surface area (Å²) >= 11 is 3.07. The molecule has 0 unspecified atom stereocenters. The quantitative estimate of drug-likeness (QED) is 0.644. The smallest absolute Gasteiger partial charge is 0.338 e. The lowest BCUT2D eigenvalue weighted by molar-refractivity contribution is -0.136. The Bertz CT molecular complexity index is 901. The fourth-order valence-electron chi connectivity index (χ4n) is 3.89. The van der Waals surface area contributed by atoms with Gasteiger partial charge in [-0.1, -0.05) is 24.8 Å². The molecule has 7 nitrogen and oxygen atoms in total. The Labute approximate surface area is 184 Å². The van der Waals surface area contributed by atoms with Gasteiger partial charge in [0.25, 0.3) is 0 Å². The summed E-state index contributed by atoms with van der Waals surface area (Å²) in [5, 5.41) is 7.72. The van der Waals surface area contributed by atoms with Gasteiger partial charge in [-0.25, -0.2) is 9.79 Å². The second kappa shape index (κ2) is 9.36. The molecule has 1 aromatic heterocycles. The van der Waals surface area contributed by atoms with Crippen LogP contribution in [-0.2, 0) is 19.1 Å². The number of fused-ring (bicyclic) bond motifs is 1. The van der Waals surface area contributed by atoms with E-state index in [1.165, 1.54) is 18.9 Å². The van der Waals surface area contributed by atoms with Gasteiger partial charge < -0.3 is 19.7 Å². The molecule has 4 rings (SSSR count). The number of thioether (sulfide) groups is 1. The molecular weight excluding hydrogens is 422 g/mol. The number of methoxy groups -OCH3 is 1. The van der Waals surface area contributed by atoms with Crippen LogP contribution in [-0.4, -0.2) is 48.3 Å². The number of allylic oxidation sites excluding steroid dienone is 1. The first-order chi connectivity index (χ1) is 14.6. The van der Waals surface area contributed by atoms with Crippen molar-refractivity contribution in [2.24, 2.45) is 4.99 Å². The number of amidine groups is 1. The molecule has 0 aliphatic carbocycles. The molecule has 3 aliphatic heterocycles. The van der Waals surface area contributed by atoms with Crippen LogP contribution >= 0.6 is 23.1 Å². The highest BCUT2D eigenvalue weighted by Crippen LogP contribution is 2.46. The lowest BCUT2D eigenvalue weighted by Crippen LogP contribution is -2.38. The van der Waals surface area contributed by atoms with Gasteiger partial charge in [0.2, 0.25) is 5.91 Å². The van der Waals surface area contributed by atoms with Crippen molar-refractivity contribution in [2.75, 3.05) is 20.3 Å². The Balaban J connectivity index is 1.57. The van der Waals surface area contributed by atoms with E-state index in [0.29, 0.717) is 18.5 Å². The zero-order valence-corrected chi connectivity index (χ0v) is 18.7. The molecule has 2 atom stereocenters. The highest BCUT2D eigenvalue weighted by molar-refractivity contribution is 8.16. The number of nitrogens with one attached hydrogen (secondary N) is 1. The maximum absolute atomic E-state index is 12.7. The summed E-state index contributed by atoms with van der Waals surface area (Å²) in [5.41, 5.74) is 2.11. The summed E-state index contributed by atoms with van der Waals surface area (Å²) in [6.45, 7) is 3.28. The number of aliphatic imine (C=N–C) groups is 1. The Morgan fingerprint density at radius 2 is 2.30 bits per heavy atom. The van der Waals surface area contributed by atoms with Gasteiger partial charge in [0.15, 0.2) is 5.17 Å². The number of esters is 1. The second-order valence-corrected chi connectivity index (χ2v) is 9.05. The molecule has 9 heteroatoms. The second-order valence-electron chi connectivity index (χ2n) is 7.23. The third kappa shape index (κ3) is 4.19. The van der Waals surface area contributed by atoms with Crippen LogP contribution in [0, 0.1) is 0 Å². The minimum absolute atomic E-state index is 0.0617. The van der Waals surface area contributed by atoms with Crippen molar-refractivity contribution >= 4 is 40.1 Å². The summed E-state index contributed by atoms with van der Waals surface area (Å²) in [6.07, 6.45) is 2.97. The first kappa shape index (κ1) is 21.1. The first-order valence-corrected chi connectivity index (χ1v) is 11.8. The molecule has 0 spiro atoms. The van der Waals surface area contributed by atoms with Gasteiger partial charge in [0.05, 0.1) is 30.9 Å². The normalized spacial score (nSPS) is 23.2. The highest BCUT2D eigenvalue weighted by Gasteiger charge is 2.41. The lowest BCUT2D eigenvalue weighted by Gasteiger charge is -2.35. The van der Waals surface area contributed by atoms with E-state index in [0.717, 1.165) is 40.9 Å². The van der Waals surface area contributed by atoms with Gasteiger partial charge in [-0.05, 0) is 36.1 Å². The molecule has 0 bridgehead atoms. The summed E-state index contributed by atoms with van der Waals surface area (Å²) in [5.74, 6) is -0.444. The fourth-order valence-corrected chi connectivity index (χ4v) is 5.65. The molecule has 160 valence electrons. The van der Waals surface area contributed by atoms with E-state index in [2.05, 4.69) is 5.32 Å². The summed E-state index contributed by atoms with van der Waals surface area (Å²) < 4.78 is 10.7. The van der Waals surface area contributed by atoms with Crippen molar-refractivity contribution in [2.45, 2.75) is 44.8 Å². The van der Waals surface area contributed by atoms with E-state index in [-0.39, 0.29) is 30.4 Å². The Morgan fingerprint density at radius 1 is 1.43 bits per heavy atom. The van der Waals surface area contributed by atoms with E-state index < -0.39 is 0 Å². The van der Waals surface area contributed by atoms with Crippen molar-refractivity contribution in [1.82, 2.24) is 10.2 Å². The summed E-state index contributed by atoms with van der Waals surface area (Å²) in [4.78, 5) is 33.1. The third-order valence-corrected chi connectivity index (χ3v) is 7.15. The zero-order chi connectivity index (χ0) is 21.1. The SMILES string of the molecule is CCC1=C(C(=O)OC)[C@H](c2cccs2)N2C(CC(=O)NC[C@H]3CCCO3)=CSC2=N1. The molecule has 30 heavy (non-hydrogen) atoms. The van der Waals surface area contributed by atoms with Crippen molar-refractivity contribution in [3.05, 3.63) is 44.8 Å². The Hall–Kier alpha value is -2.10. The zero-order valence-electron chi connectivity index (χ0n) is 17.1. The summed E-state index contributed by atoms with van der Waals surface area (Å²) in [7, 11) is 1.39. The van der Waals surface area contributed by atoms with Gasteiger partial charge in [0, 0.05) is 23.7 Å². The van der Waals surface area contributed by atoms with Crippen LogP contribution in [0.2, 0.25) is 0 Å². The number of rotatable bonds is 7. The van der Waals surface area contributed by atoms with E-state index in [9.17, 15) is 9.59 Å². The Morgan fingerprint density at radius 3 is 2.97 bits per heavy atom. The van der Waals surface area contributed by atoms with Gasteiger partial charge in [-0.15, -0.1) is 11.3 Å².